The van der Waals surface area contributed by atoms with Crippen LogP contribution in [0.1, 0.15) is 24.2 Å². The SMILES string of the molecule is COC(=O)c1ccc2c(Br)cn(CC(C)C)c2c1. The van der Waals surface area contributed by atoms with Crippen molar-refractivity contribution in [3.05, 3.63) is 34.4 Å². The van der Waals surface area contributed by atoms with Crippen LogP contribution in [0.2, 0.25) is 0 Å². The van der Waals surface area contributed by atoms with Gasteiger partial charge in [-0.3, -0.25) is 0 Å². The third-order valence-corrected chi connectivity index (χ3v) is 3.45. The fourth-order valence-electron chi connectivity index (χ4n) is 2.04. The van der Waals surface area contributed by atoms with Crippen LogP contribution in [0.5, 0.6) is 0 Å². The maximum atomic E-state index is 11.6. The number of carbonyl (C=O) groups is 1. The fourth-order valence-corrected chi connectivity index (χ4v) is 2.62. The van der Waals surface area contributed by atoms with Gasteiger partial charge in [0.25, 0.3) is 0 Å². The van der Waals surface area contributed by atoms with E-state index in [0.29, 0.717) is 11.5 Å². The molecule has 0 fully saturated rings. The van der Waals surface area contributed by atoms with E-state index in [1.54, 1.807) is 6.07 Å². The number of ether oxygens (including phenoxy) is 1. The minimum Gasteiger partial charge on any atom is -0.465 e. The number of aromatic nitrogens is 1. The Balaban J connectivity index is 2.55. The number of rotatable bonds is 3. The molecule has 0 unspecified atom stereocenters. The molecule has 4 heteroatoms. The van der Waals surface area contributed by atoms with E-state index >= 15 is 0 Å². The highest BCUT2D eigenvalue weighted by molar-refractivity contribution is 9.10. The van der Waals surface area contributed by atoms with E-state index in [1.165, 1.54) is 7.11 Å². The van der Waals surface area contributed by atoms with Crippen LogP contribution in [0.3, 0.4) is 0 Å². The molecule has 96 valence electrons. The molecule has 0 N–H and O–H groups in total. The Morgan fingerprint density at radius 3 is 2.78 bits per heavy atom. The summed E-state index contributed by atoms with van der Waals surface area (Å²) in [6.07, 6.45) is 2.06. The molecule has 0 aliphatic carbocycles. The normalized spacial score (nSPS) is 11.2. The van der Waals surface area contributed by atoms with Crippen LogP contribution in [0, 0.1) is 5.92 Å². The van der Waals surface area contributed by atoms with Crippen molar-refractivity contribution in [2.24, 2.45) is 5.92 Å². The summed E-state index contributed by atoms with van der Waals surface area (Å²) in [5.74, 6) is 0.250. The molecule has 1 aromatic heterocycles. The van der Waals surface area contributed by atoms with Gasteiger partial charge in [-0.2, -0.15) is 0 Å². The number of hydrogen-bond acceptors (Lipinski definition) is 2. The summed E-state index contributed by atoms with van der Waals surface area (Å²) < 4.78 is 7.97. The minimum absolute atomic E-state index is 0.301. The van der Waals surface area contributed by atoms with Crippen LogP contribution < -0.4 is 0 Å². The van der Waals surface area contributed by atoms with Gasteiger partial charge in [0.2, 0.25) is 0 Å². The number of fused-ring (bicyclic) bond motifs is 1. The van der Waals surface area contributed by atoms with Crippen molar-refractivity contribution in [3.8, 4) is 0 Å². The van der Waals surface area contributed by atoms with E-state index in [0.717, 1.165) is 21.9 Å². The monoisotopic (exact) mass is 309 g/mol. The summed E-state index contributed by atoms with van der Waals surface area (Å²) in [5.41, 5.74) is 1.64. The smallest absolute Gasteiger partial charge is 0.337 e. The van der Waals surface area contributed by atoms with E-state index in [2.05, 4.69) is 40.5 Å². The lowest BCUT2D eigenvalue weighted by Crippen LogP contribution is -2.04. The topological polar surface area (TPSA) is 31.2 Å². The lowest BCUT2D eigenvalue weighted by Gasteiger charge is -2.08. The maximum Gasteiger partial charge on any atom is 0.337 e. The van der Waals surface area contributed by atoms with Crippen LogP contribution in [0.4, 0.5) is 0 Å². The second kappa shape index (κ2) is 5.14. The maximum absolute atomic E-state index is 11.6. The number of carbonyl (C=O) groups excluding carboxylic acids is 1. The summed E-state index contributed by atoms with van der Waals surface area (Å²) in [7, 11) is 1.40. The summed E-state index contributed by atoms with van der Waals surface area (Å²) in [5, 5.41) is 1.11. The second-order valence-electron chi connectivity index (χ2n) is 4.75. The number of nitrogens with zero attached hydrogens (tertiary/aromatic N) is 1. The molecule has 2 aromatic rings. The first-order chi connectivity index (χ1) is 8.52. The van der Waals surface area contributed by atoms with E-state index in [9.17, 15) is 4.79 Å². The zero-order chi connectivity index (χ0) is 13.3. The molecule has 3 nitrogen and oxygen atoms in total. The first kappa shape index (κ1) is 13.1. The standard InChI is InChI=1S/C14H16BrNO2/c1-9(2)7-16-8-12(15)11-5-4-10(6-13(11)16)14(17)18-3/h4-6,8-9H,7H2,1-3H3. The first-order valence-corrected chi connectivity index (χ1v) is 6.69. The molecule has 0 spiro atoms. The number of benzene rings is 1. The first-order valence-electron chi connectivity index (χ1n) is 5.89. The van der Waals surface area contributed by atoms with Crippen LogP contribution in [-0.2, 0) is 11.3 Å². The lowest BCUT2D eigenvalue weighted by molar-refractivity contribution is 0.0601. The van der Waals surface area contributed by atoms with Gasteiger partial charge in [-0.1, -0.05) is 19.9 Å². The molecule has 0 bridgehead atoms. The third-order valence-electron chi connectivity index (χ3n) is 2.82. The average Bonchev–Trinajstić information content (AvgIpc) is 2.64. The summed E-state index contributed by atoms with van der Waals surface area (Å²) >= 11 is 3.55. The molecule has 0 amide bonds. The van der Waals surface area contributed by atoms with E-state index in [4.69, 9.17) is 4.74 Å². The highest BCUT2D eigenvalue weighted by Crippen LogP contribution is 2.28. The van der Waals surface area contributed by atoms with Crippen LogP contribution >= 0.6 is 15.9 Å². The van der Waals surface area contributed by atoms with Crippen LogP contribution in [-0.4, -0.2) is 17.6 Å². The van der Waals surface area contributed by atoms with Gasteiger partial charge in [0.05, 0.1) is 18.2 Å². The van der Waals surface area contributed by atoms with E-state index in [-0.39, 0.29) is 5.97 Å². The second-order valence-corrected chi connectivity index (χ2v) is 5.60. The minimum atomic E-state index is -0.301. The lowest BCUT2D eigenvalue weighted by atomic mass is 10.1. The van der Waals surface area contributed by atoms with Crippen molar-refractivity contribution >= 4 is 32.8 Å². The van der Waals surface area contributed by atoms with E-state index in [1.807, 2.05) is 12.1 Å². The molecule has 0 aliphatic rings. The van der Waals surface area contributed by atoms with Gasteiger partial charge in [-0.15, -0.1) is 0 Å². The molecule has 0 saturated carbocycles. The van der Waals surface area contributed by atoms with Gasteiger partial charge in [-0.05, 0) is 34.0 Å². The van der Waals surface area contributed by atoms with Gasteiger partial charge in [0.1, 0.15) is 0 Å². The van der Waals surface area contributed by atoms with Crippen molar-refractivity contribution in [1.29, 1.82) is 0 Å². The van der Waals surface area contributed by atoms with Gasteiger partial charge in [0, 0.05) is 22.6 Å². The largest absolute Gasteiger partial charge is 0.465 e. The van der Waals surface area contributed by atoms with Gasteiger partial charge in [0.15, 0.2) is 0 Å². The number of hydrogen-bond donors (Lipinski definition) is 0. The predicted octanol–water partition coefficient (Wildman–Crippen LogP) is 3.85. The highest BCUT2D eigenvalue weighted by atomic mass is 79.9. The Bertz CT molecular complexity index is 587. The van der Waals surface area contributed by atoms with Crippen molar-refractivity contribution in [2.75, 3.05) is 7.11 Å². The average molecular weight is 310 g/mol. The summed E-state index contributed by atoms with van der Waals surface area (Å²) in [4.78, 5) is 11.6. The Morgan fingerprint density at radius 1 is 1.44 bits per heavy atom. The Kier molecular flexibility index (Phi) is 3.76. The number of halogens is 1. The molecular formula is C14H16BrNO2. The highest BCUT2D eigenvalue weighted by Gasteiger charge is 2.11. The fraction of sp³-hybridized carbons (Fsp3) is 0.357. The predicted molar refractivity (Wildman–Crippen MR) is 75.8 cm³/mol. The summed E-state index contributed by atoms with van der Waals surface area (Å²) in [6.45, 7) is 5.26. The molecule has 0 atom stereocenters. The zero-order valence-electron chi connectivity index (χ0n) is 10.7. The number of esters is 1. The van der Waals surface area contributed by atoms with Crippen LogP contribution in [0.15, 0.2) is 28.9 Å². The molecule has 0 saturated heterocycles. The molecule has 0 radical (unpaired) electrons. The van der Waals surface area contributed by atoms with Crippen molar-refractivity contribution in [1.82, 2.24) is 4.57 Å². The van der Waals surface area contributed by atoms with Crippen LogP contribution in [0.25, 0.3) is 10.9 Å². The molecule has 0 aliphatic heterocycles. The van der Waals surface area contributed by atoms with Gasteiger partial charge in [-0.25, -0.2) is 4.79 Å². The van der Waals surface area contributed by atoms with Crippen molar-refractivity contribution < 1.29 is 9.53 Å². The quantitative estimate of drug-likeness (QED) is 0.806. The van der Waals surface area contributed by atoms with Gasteiger partial charge >= 0.3 is 5.97 Å². The number of methoxy groups -OCH3 is 1. The van der Waals surface area contributed by atoms with E-state index < -0.39 is 0 Å². The Hall–Kier alpha value is -1.29. The molecular weight excluding hydrogens is 294 g/mol. The molecule has 1 heterocycles. The Labute approximate surface area is 115 Å². The van der Waals surface area contributed by atoms with Crippen molar-refractivity contribution in [2.45, 2.75) is 20.4 Å². The molecule has 2 rings (SSSR count). The van der Waals surface area contributed by atoms with Crippen molar-refractivity contribution in [3.63, 3.8) is 0 Å². The molecule has 18 heavy (non-hydrogen) atoms. The summed E-state index contributed by atoms with van der Waals surface area (Å²) in [6, 6.07) is 5.62. The molecule has 1 aromatic carbocycles. The van der Waals surface area contributed by atoms with Gasteiger partial charge < -0.3 is 9.30 Å². The third kappa shape index (κ3) is 2.43. The zero-order valence-corrected chi connectivity index (χ0v) is 12.3. The Morgan fingerprint density at radius 2 is 2.17 bits per heavy atom.